The number of nitrogens with zero attached hydrogens (tertiary/aromatic N) is 2. The van der Waals surface area contributed by atoms with Crippen LogP contribution in [0.2, 0.25) is 5.15 Å². The molecule has 2 rings (SSSR count). The fourth-order valence-corrected chi connectivity index (χ4v) is 2.09. The van der Waals surface area contributed by atoms with Crippen LogP contribution in [-0.2, 0) is 0 Å². The van der Waals surface area contributed by atoms with E-state index < -0.39 is 0 Å². The molecule has 1 aromatic heterocycles. The zero-order chi connectivity index (χ0) is 14.9. The molecule has 5 nitrogen and oxygen atoms in total. The molecule has 0 spiro atoms. The van der Waals surface area contributed by atoms with Gasteiger partial charge in [0.25, 0.3) is 0 Å². The van der Waals surface area contributed by atoms with Gasteiger partial charge in [0.15, 0.2) is 16.7 Å². The maximum absolute atomic E-state index is 11.7. The molecular formula is C14H15ClN2O3. The number of halogens is 1. The summed E-state index contributed by atoms with van der Waals surface area (Å²) in [6, 6.07) is 4.97. The molecule has 0 fully saturated rings. The van der Waals surface area contributed by atoms with Crippen molar-refractivity contribution >= 4 is 11.6 Å². The van der Waals surface area contributed by atoms with Crippen LogP contribution in [0.4, 0.5) is 0 Å². The van der Waals surface area contributed by atoms with Crippen molar-refractivity contribution < 1.29 is 14.3 Å². The van der Waals surface area contributed by atoms with Gasteiger partial charge in [0.1, 0.15) is 0 Å². The molecule has 20 heavy (non-hydrogen) atoms. The molecule has 0 N–H and O–H groups in total. The van der Waals surface area contributed by atoms with Gasteiger partial charge < -0.3 is 14.7 Å². The van der Waals surface area contributed by atoms with Crippen LogP contribution in [0.5, 0.6) is 17.4 Å². The van der Waals surface area contributed by atoms with Crippen molar-refractivity contribution in [3.05, 3.63) is 45.2 Å². The molecule has 1 heterocycles. The summed E-state index contributed by atoms with van der Waals surface area (Å²) in [7, 11) is 1.56. The topological polar surface area (TPSA) is 58.3 Å². The zero-order valence-electron chi connectivity index (χ0n) is 11.7. The van der Waals surface area contributed by atoms with E-state index in [-0.39, 0.29) is 11.0 Å². The lowest BCUT2D eigenvalue weighted by atomic mass is 10.0. The predicted octanol–water partition coefficient (Wildman–Crippen LogP) is 3.09. The predicted molar refractivity (Wildman–Crippen MR) is 75.5 cm³/mol. The monoisotopic (exact) mass is 294 g/mol. The SMILES string of the molecule is COc1c(C)cc(C)c(C)c1Oc1ccc(Cl)n[n+]1[O-]. The fraction of sp³-hybridized carbons (Fsp3) is 0.286. The van der Waals surface area contributed by atoms with E-state index in [1.54, 1.807) is 7.11 Å². The molecule has 0 atom stereocenters. The Morgan fingerprint density at radius 2 is 1.85 bits per heavy atom. The van der Waals surface area contributed by atoms with Crippen molar-refractivity contribution in [1.82, 2.24) is 5.10 Å². The summed E-state index contributed by atoms with van der Waals surface area (Å²) in [5, 5.41) is 15.3. The molecule has 0 unspecified atom stereocenters. The summed E-state index contributed by atoms with van der Waals surface area (Å²) >= 11 is 5.65. The molecular weight excluding hydrogens is 280 g/mol. The first-order valence-electron chi connectivity index (χ1n) is 6.03. The Balaban J connectivity index is 2.52. The van der Waals surface area contributed by atoms with Gasteiger partial charge in [-0.2, -0.15) is 0 Å². The van der Waals surface area contributed by atoms with Crippen LogP contribution in [0, 0.1) is 26.0 Å². The highest BCUT2D eigenvalue weighted by Crippen LogP contribution is 2.38. The fourth-order valence-electron chi connectivity index (χ4n) is 1.95. The van der Waals surface area contributed by atoms with Crippen molar-refractivity contribution in [3.8, 4) is 17.4 Å². The summed E-state index contributed by atoms with van der Waals surface area (Å²) in [5.41, 5.74) is 2.89. The summed E-state index contributed by atoms with van der Waals surface area (Å²) in [4.78, 5) is 0.346. The van der Waals surface area contributed by atoms with Gasteiger partial charge in [-0.1, -0.05) is 17.7 Å². The summed E-state index contributed by atoms with van der Waals surface area (Å²) in [5.74, 6) is 1.16. The summed E-state index contributed by atoms with van der Waals surface area (Å²) in [6.07, 6.45) is 0. The standard InChI is InChI=1S/C14H15ClN2O3/c1-8-7-9(2)13(19-4)14(10(8)3)20-12-6-5-11(15)16-17(12)18/h5-7H,1-4H3. The van der Waals surface area contributed by atoms with Gasteiger partial charge in [-0.15, -0.1) is 0 Å². The van der Waals surface area contributed by atoms with Crippen LogP contribution in [0.1, 0.15) is 16.7 Å². The molecule has 0 aliphatic carbocycles. The lowest BCUT2D eigenvalue weighted by Gasteiger charge is -2.15. The van der Waals surface area contributed by atoms with Crippen molar-refractivity contribution in [2.24, 2.45) is 0 Å². The quantitative estimate of drug-likeness (QED) is 0.645. The number of aromatic nitrogens is 2. The average Bonchev–Trinajstić information content (AvgIpc) is 2.38. The van der Waals surface area contributed by atoms with Gasteiger partial charge in [-0.3, -0.25) is 0 Å². The minimum absolute atomic E-state index is 0.0424. The Bertz CT molecular complexity index is 659. The molecule has 0 aliphatic rings. The Labute approximate surface area is 122 Å². The summed E-state index contributed by atoms with van der Waals surface area (Å²) in [6.45, 7) is 5.80. The second kappa shape index (κ2) is 5.54. The smallest absolute Gasteiger partial charge is 0.411 e. The van der Waals surface area contributed by atoms with Crippen molar-refractivity contribution in [2.45, 2.75) is 20.8 Å². The van der Waals surface area contributed by atoms with E-state index >= 15 is 0 Å². The lowest BCUT2D eigenvalue weighted by Crippen LogP contribution is -2.32. The number of benzene rings is 1. The van der Waals surface area contributed by atoms with Gasteiger partial charge >= 0.3 is 5.88 Å². The highest BCUT2D eigenvalue weighted by molar-refractivity contribution is 6.29. The number of hydrogen-bond acceptors (Lipinski definition) is 4. The van der Waals surface area contributed by atoms with Gasteiger partial charge in [-0.25, -0.2) is 0 Å². The highest BCUT2D eigenvalue weighted by atomic mass is 35.5. The number of hydrogen-bond donors (Lipinski definition) is 0. The number of methoxy groups -OCH3 is 1. The maximum Gasteiger partial charge on any atom is 0.411 e. The van der Waals surface area contributed by atoms with Crippen molar-refractivity contribution in [1.29, 1.82) is 0 Å². The van der Waals surface area contributed by atoms with Gasteiger partial charge in [0, 0.05) is 5.10 Å². The first-order valence-corrected chi connectivity index (χ1v) is 6.41. The van der Waals surface area contributed by atoms with E-state index in [1.165, 1.54) is 12.1 Å². The molecule has 0 saturated carbocycles. The minimum Gasteiger partial charge on any atom is -0.591 e. The van der Waals surface area contributed by atoms with Crippen molar-refractivity contribution in [3.63, 3.8) is 0 Å². The normalized spacial score (nSPS) is 10.4. The first kappa shape index (κ1) is 14.4. The van der Waals surface area contributed by atoms with Crippen LogP contribution in [0.3, 0.4) is 0 Å². The Morgan fingerprint density at radius 3 is 2.45 bits per heavy atom. The second-order valence-electron chi connectivity index (χ2n) is 4.47. The molecule has 0 amide bonds. The zero-order valence-corrected chi connectivity index (χ0v) is 12.5. The molecule has 0 aliphatic heterocycles. The third kappa shape index (κ3) is 2.63. The van der Waals surface area contributed by atoms with Crippen LogP contribution < -0.4 is 14.3 Å². The molecule has 0 radical (unpaired) electrons. The average molecular weight is 295 g/mol. The van der Waals surface area contributed by atoms with E-state index in [4.69, 9.17) is 21.1 Å². The van der Waals surface area contributed by atoms with Crippen LogP contribution in [-0.4, -0.2) is 12.2 Å². The Kier molecular flexibility index (Phi) is 3.99. The van der Waals surface area contributed by atoms with Crippen LogP contribution in [0.25, 0.3) is 0 Å². The molecule has 106 valence electrons. The molecule has 2 aromatic rings. The third-order valence-electron chi connectivity index (χ3n) is 3.08. The molecule has 1 aromatic carbocycles. The van der Waals surface area contributed by atoms with Gasteiger partial charge in [0.2, 0.25) is 0 Å². The molecule has 0 saturated heterocycles. The van der Waals surface area contributed by atoms with E-state index in [0.717, 1.165) is 16.7 Å². The Morgan fingerprint density at radius 1 is 1.15 bits per heavy atom. The molecule has 0 bridgehead atoms. The summed E-state index contributed by atoms with van der Waals surface area (Å²) < 4.78 is 11.0. The lowest BCUT2D eigenvalue weighted by molar-refractivity contribution is -0.673. The van der Waals surface area contributed by atoms with Gasteiger partial charge in [0.05, 0.1) is 13.2 Å². The van der Waals surface area contributed by atoms with E-state index in [1.807, 2.05) is 26.8 Å². The van der Waals surface area contributed by atoms with Gasteiger partial charge in [-0.05, 0) is 48.4 Å². The van der Waals surface area contributed by atoms with E-state index in [2.05, 4.69) is 5.10 Å². The third-order valence-corrected chi connectivity index (χ3v) is 3.28. The number of ether oxygens (including phenoxy) is 2. The largest absolute Gasteiger partial charge is 0.591 e. The Hall–Kier alpha value is -2.01. The number of aryl methyl sites for hydroxylation is 2. The van der Waals surface area contributed by atoms with Crippen LogP contribution in [0.15, 0.2) is 18.2 Å². The van der Waals surface area contributed by atoms with E-state index in [9.17, 15) is 5.21 Å². The van der Waals surface area contributed by atoms with E-state index in [0.29, 0.717) is 16.3 Å². The minimum atomic E-state index is 0.0424. The van der Waals surface area contributed by atoms with Crippen molar-refractivity contribution in [2.75, 3.05) is 7.11 Å². The first-order chi connectivity index (χ1) is 9.43. The molecule has 6 heteroatoms. The maximum atomic E-state index is 11.7. The second-order valence-corrected chi connectivity index (χ2v) is 4.85. The number of rotatable bonds is 3. The van der Waals surface area contributed by atoms with Crippen LogP contribution >= 0.6 is 11.6 Å². The highest BCUT2D eigenvalue weighted by Gasteiger charge is 2.19.